The molecule has 0 aliphatic heterocycles. The summed E-state index contributed by atoms with van der Waals surface area (Å²) in [5.41, 5.74) is 5.31. The second kappa shape index (κ2) is 18.2. The molecule has 0 spiro atoms. The molecule has 0 amide bonds. The summed E-state index contributed by atoms with van der Waals surface area (Å²) in [5, 5.41) is 28.4. The third kappa shape index (κ3) is 10.2. The summed E-state index contributed by atoms with van der Waals surface area (Å²) < 4.78 is 3.54. The molecule has 0 fully saturated rings. The Bertz CT molecular complexity index is 1650. The number of aromatic carboxylic acids is 2. The predicted octanol–water partition coefficient (Wildman–Crippen LogP) is 0.362. The molecule has 0 saturated heterocycles. The Labute approximate surface area is 272 Å². The van der Waals surface area contributed by atoms with E-state index in [2.05, 4.69) is 30.1 Å². The van der Waals surface area contributed by atoms with Crippen molar-refractivity contribution in [3.05, 3.63) is 132 Å². The zero-order chi connectivity index (χ0) is 29.3. The van der Waals surface area contributed by atoms with Crippen LogP contribution in [0, 0.1) is 0 Å². The molecule has 4 heterocycles. The Balaban J connectivity index is 0.000000423. The molecule has 16 heteroatoms. The van der Waals surface area contributed by atoms with Crippen LogP contribution in [0.5, 0.6) is 0 Å². The van der Waals surface area contributed by atoms with E-state index in [0.717, 1.165) is 28.2 Å². The summed E-state index contributed by atoms with van der Waals surface area (Å²) in [6.07, 6.45) is 13.5. The summed E-state index contributed by atoms with van der Waals surface area (Å²) >= 11 is 0. The molecule has 0 saturated carbocycles. The molecule has 7 N–H and O–H groups in total. The van der Waals surface area contributed by atoms with Crippen molar-refractivity contribution in [1.29, 1.82) is 0 Å². The number of carboxylic acid groups (broad SMARTS) is 2. The Morgan fingerprint density at radius 1 is 0.609 bits per heavy atom. The largest absolute Gasteiger partial charge is 1.00 e. The van der Waals surface area contributed by atoms with Gasteiger partial charge in [0, 0.05) is 37.2 Å². The van der Waals surface area contributed by atoms with Gasteiger partial charge in [-0.15, -0.1) is 0 Å². The van der Waals surface area contributed by atoms with Crippen molar-refractivity contribution < 1.29 is 53.3 Å². The molecule has 6 rings (SSSR count). The van der Waals surface area contributed by atoms with Gasteiger partial charge in [-0.2, -0.15) is 10.2 Å². The van der Waals surface area contributed by atoms with Gasteiger partial charge >= 0.3 is 23.0 Å². The third-order valence-corrected chi connectivity index (χ3v) is 6.01. The number of carbonyl (C=O) groups excluding carboxylic acids is 1. The molecule has 4 aromatic heterocycles. The van der Waals surface area contributed by atoms with Crippen molar-refractivity contribution in [2.24, 2.45) is 0 Å². The van der Waals surface area contributed by atoms with Gasteiger partial charge in [0.2, 0.25) is 0 Å². The van der Waals surface area contributed by atoms with E-state index in [-0.39, 0.29) is 44.6 Å². The van der Waals surface area contributed by atoms with Gasteiger partial charge in [0.25, 0.3) is 0 Å². The fourth-order valence-corrected chi connectivity index (χ4v) is 3.91. The Morgan fingerprint density at radius 2 is 1.02 bits per heavy atom. The van der Waals surface area contributed by atoms with Crippen LogP contribution < -0.4 is 5.11 Å². The number of hydrogen-bond acceptors (Lipinski definition) is 9. The molecule has 46 heavy (non-hydrogen) atoms. The van der Waals surface area contributed by atoms with E-state index >= 15 is 0 Å². The van der Waals surface area contributed by atoms with Gasteiger partial charge in [-0.05, 0) is 41.0 Å². The van der Waals surface area contributed by atoms with E-state index in [4.69, 9.17) is 5.11 Å². The van der Waals surface area contributed by atoms with E-state index in [1.165, 1.54) is 12.1 Å². The van der Waals surface area contributed by atoms with Gasteiger partial charge in [-0.1, -0.05) is 36.4 Å². The van der Waals surface area contributed by atoms with Gasteiger partial charge in [0.1, 0.15) is 22.8 Å². The Hall–Kier alpha value is -5.64. The van der Waals surface area contributed by atoms with Crippen molar-refractivity contribution in [3.8, 4) is 22.8 Å². The van der Waals surface area contributed by atoms with Crippen LogP contribution in [0.3, 0.4) is 0 Å². The van der Waals surface area contributed by atoms with E-state index in [1.807, 2.05) is 24.5 Å². The topological polar surface area (TPSA) is 259 Å². The Kier molecular flexibility index (Phi) is 15.2. The maximum Gasteiger partial charge on any atom is 1.00 e. The van der Waals surface area contributed by atoms with Gasteiger partial charge in [-0.3, -0.25) is 29.3 Å². The molecule has 0 atom stereocenters. The van der Waals surface area contributed by atoms with E-state index in [0.29, 0.717) is 18.8 Å². The number of benzene rings is 2. The molecule has 242 valence electrons. The van der Waals surface area contributed by atoms with Crippen molar-refractivity contribution in [2.45, 2.75) is 13.1 Å². The van der Waals surface area contributed by atoms with Crippen LogP contribution >= 0.6 is 0 Å². The molecular formula is C30H29CuN8O7. The zero-order valence-electron chi connectivity index (χ0n) is 23.9. The second-order valence-electron chi connectivity index (χ2n) is 8.96. The molecular weight excluding hydrogens is 648 g/mol. The van der Waals surface area contributed by atoms with Crippen LogP contribution in [0.25, 0.3) is 22.8 Å². The summed E-state index contributed by atoms with van der Waals surface area (Å²) in [5.74, 6) is -2.10. The Morgan fingerprint density at radius 3 is 1.37 bits per heavy atom. The fraction of sp³-hybridized carbons (Fsp3) is 0.0667. The third-order valence-electron chi connectivity index (χ3n) is 6.01. The first-order chi connectivity index (χ1) is 20.4. The molecule has 6 aromatic rings. The molecule has 0 radical (unpaired) electrons. The first-order valence-electron chi connectivity index (χ1n) is 12.7. The van der Waals surface area contributed by atoms with Gasteiger partial charge in [-0.25, -0.2) is 4.79 Å². The molecule has 0 aliphatic rings. The number of carboxylic acids is 2. The molecule has 15 nitrogen and oxygen atoms in total. The van der Waals surface area contributed by atoms with Gasteiger partial charge < -0.3 is 31.4 Å². The minimum Gasteiger partial charge on any atom is -0.545 e. The second-order valence-corrected chi connectivity index (χ2v) is 8.96. The molecule has 0 unspecified atom stereocenters. The van der Waals surface area contributed by atoms with Crippen molar-refractivity contribution in [3.63, 3.8) is 0 Å². The minimum absolute atomic E-state index is 0. The van der Waals surface area contributed by atoms with Crippen LogP contribution in [0.15, 0.2) is 110 Å². The first-order valence-corrected chi connectivity index (χ1v) is 12.7. The smallest absolute Gasteiger partial charge is 0.545 e. The SMILES string of the molecule is O.O.O.O=C(O)c1ccc(Cn2ccc(-c3cnccn3)n2)cc1.O=C([O-])c1ccc(Cn2ccc(-c3cnccn3)n2)cc1.[Cu+]. The summed E-state index contributed by atoms with van der Waals surface area (Å²) in [7, 11) is 0. The normalized spacial score (nSPS) is 9.57. The maximum absolute atomic E-state index is 10.8. The quantitative estimate of drug-likeness (QED) is 0.216. The van der Waals surface area contributed by atoms with Gasteiger partial charge in [0.15, 0.2) is 0 Å². The van der Waals surface area contributed by atoms with Crippen molar-refractivity contribution >= 4 is 11.9 Å². The molecule has 0 aliphatic carbocycles. The summed E-state index contributed by atoms with van der Waals surface area (Å²) in [6.45, 7) is 1.12. The first kappa shape index (κ1) is 38.4. The van der Waals surface area contributed by atoms with Crippen molar-refractivity contribution in [2.75, 3.05) is 0 Å². The predicted molar refractivity (Wildman–Crippen MR) is 160 cm³/mol. The summed E-state index contributed by atoms with van der Waals surface area (Å²) in [4.78, 5) is 37.9. The summed E-state index contributed by atoms with van der Waals surface area (Å²) in [6, 6.07) is 17.0. The standard InChI is InChI=1S/2C15H12N4O2.Cu.3H2O/c2*20-15(21)12-3-1-11(2-4-12)10-19-8-5-13(18-19)14-9-16-6-7-17-14;;;;/h2*1-9H,10H2,(H,20,21);;3*1H2/q;;+1;;;/p-1. The van der Waals surface area contributed by atoms with Crippen LogP contribution in [-0.4, -0.2) is 73.0 Å². The number of hydrogen-bond donors (Lipinski definition) is 1. The van der Waals surface area contributed by atoms with E-state index in [9.17, 15) is 14.7 Å². The number of nitrogens with zero attached hydrogens (tertiary/aromatic N) is 8. The van der Waals surface area contributed by atoms with Crippen molar-refractivity contribution in [1.82, 2.24) is 39.5 Å². The minimum atomic E-state index is -1.18. The average Bonchev–Trinajstić information content (AvgIpc) is 3.69. The van der Waals surface area contributed by atoms with E-state index < -0.39 is 11.9 Å². The molecule has 2 aromatic carbocycles. The van der Waals surface area contributed by atoms with Gasteiger partial charge in [0.05, 0.1) is 37.0 Å². The molecule has 0 bridgehead atoms. The van der Waals surface area contributed by atoms with Crippen LogP contribution in [0.1, 0.15) is 31.8 Å². The number of aromatic nitrogens is 8. The maximum atomic E-state index is 10.8. The van der Waals surface area contributed by atoms with Crippen LogP contribution in [-0.2, 0) is 30.2 Å². The monoisotopic (exact) mass is 676 g/mol. The number of rotatable bonds is 8. The zero-order valence-corrected chi connectivity index (χ0v) is 24.8. The average molecular weight is 677 g/mol. The fourth-order valence-electron chi connectivity index (χ4n) is 3.91. The number of carbonyl (C=O) groups is 2. The van der Waals surface area contributed by atoms with E-state index in [1.54, 1.807) is 82.9 Å². The van der Waals surface area contributed by atoms with Crippen LogP contribution in [0.2, 0.25) is 0 Å². The van der Waals surface area contributed by atoms with Crippen LogP contribution in [0.4, 0.5) is 0 Å².